The molecule has 0 radical (unpaired) electrons. The molecule has 4 rings (SSSR count). The van der Waals surface area contributed by atoms with E-state index in [0.717, 1.165) is 4.57 Å². The molecular weight excluding hydrogens is 345 g/mol. The van der Waals surface area contributed by atoms with Gasteiger partial charge < -0.3 is 25.0 Å². The fourth-order valence-corrected chi connectivity index (χ4v) is 3.11. The lowest BCUT2D eigenvalue weighted by atomic mass is 10.1. The first-order valence-electron chi connectivity index (χ1n) is 7.98. The Morgan fingerprint density at radius 1 is 1.27 bits per heavy atom. The first-order valence-corrected chi connectivity index (χ1v) is 7.98. The van der Waals surface area contributed by atoms with E-state index in [2.05, 4.69) is 9.97 Å². The molecule has 4 atom stereocenters. The number of ether oxygens (including phenoxy) is 1. The molecule has 2 aromatic heterocycles. The number of hydrogen-bond acceptors (Lipinski definition) is 6. The number of rotatable bonds is 3. The molecule has 1 fully saturated rings. The molecule has 1 saturated heterocycles. The van der Waals surface area contributed by atoms with Crippen molar-refractivity contribution in [3.05, 3.63) is 52.8 Å². The van der Waals surface area contributed by atoms with Gasteiger partial charge in [-0.1, -0.05) is 12.1 Å². The Labute approximate surface area is 146 Å². The van der Waals surface area contributed by atoms with E-state index >= 15 is 0 Å². The molecule has 3 aromatic rings. The quantitative estimate of drug-likeness (QED) is 0.527. The van der Waals surface area contributed by atoms with Crippen molar-refractivity contribution in [2.75, 3.05) is 6.61 Å². The lowest BCUT2D eigenvalue weighted by Crippen LogP contribution is -2.35. The Morgan fingerprint density at radius 2 is 2.08 bits per heavy atom. The van der Waals surface area contributed by atoms with E-state index in [1.807, 2.05) is 0 Å². The zero-order valence-corrected chi connectivity index (χ0v) is 13.4. The number of aromatic amines is 1. The van der Waals surface area contributed by atoms with E-state index < -0.39 is 36.8 Å². The third kappa shape index (κ3) is 2.71. The zero-order valence-electron chi connectivity index (χ0n) is 13.4. The Kier molecular flexibility index (Phi) is 4.08. The number of aromatic nitrogens is 3. The molecule has 9 heteroatoms. The number of aliphatic hydroxyl groups excluding tert-OH is 3. The van der Waals surface area contributed by atoms with E-state index in [0.29, 0.717) is 22.3 Å². The molecule has 1 aliphatic rings. The molecule has 0 bridgehead atoms. The average molecular weight is 361 g/mol. The van der Waals surface area contributed by atoms with Crippen LogP contribution in [0.4, 0.5) is 4.39 Å². The molecule has 0 amide bonds. The highest BCUT2D eigenvalue weighted by Crippen LogP contribution is 2.29. The van der Waals surface area contributed by atoms with Gasteiger partial charge in [0, 0.05) is 22.8 Å². The Hall–Kier alpha value is -2.59. The van der Waals surface area contributed by atoms with Crippen molar-refractivity contribution in [1.82, 2.24) is 14.5 Å². The lowest BCUT2D eigenvalue weighted by Gasteiger charge is -2.16. The van der Waals surface area contributed by atoms with Crippen LogP contribution in [0.25, 0.3) is 22.3 Å². The molecule has 1 aliphatic heterocycles. The van der Waals surface area contributed by atoms with E-state index in [-0.39, 0.29) is 5.82 Å². The molecule has 0 aliphatic carbocycles. The van der Waals surface area contributed by atoms with Crippen molar-refractivity contribution in [1.29, 1.82) is 0 Å². The largest absolute Gasteiger partial charge is 0.394 e. The van der Waals surface area contributed by atoms with Crippen LogP contribution in [-0.2, 0) is 4.74 Å². The fraction of sp³-hybridized carbons (Fsp3) is 0.294. The van der Waals surface area contributed by atoms with Gasteiger partial charge in [0.1, 0.15) is 29.8 Å². The van der Waals surface area contributed by atoms with Crippen molar-refractivity contribution in [2.24, 2.45) is 0 Å². The monoisotopic (exact) mass is 361 g/mol. The minimum atomic E-state index is -1.38. The van der Waals surface area contributed by atoms with Gasteiger partial charge in [0.15, 0.2) is 6.23 Å². The highest BCUT2D eigenvalue weighted by atomic mass is 19.1. The normalized spacial score (nSPS) is 25.8. The summed E-state index contributed by atoms with van der Waals surface area (Å²) < 4.78 is 19.9. The molecular formula is C17H16FN3O5. The van der Waals surface area contributed by atoms with Crippen LogP contribution in [0.15, 0.2) is 41.3 Å². The lowest BCUT2D eigenvalue weighted by molar-refractivity contribution is -0.0547. The van der Waals surface area contributed by atoms with Crippen LogP contribution in [0.1, 0.15) is 6.23 Å². The second-order valence-corrected chi connectivity index (χ2v) is 6.16. The number of hydrogen-bond donors (Lipinski definition) is 4. The Bertz CT molecular complexity index is 1020. The van der Waals surface area contributed by atoms with E-state index in [1.54, 1.807) is 18.2 Å². The minimum absolute atomic E-state index is 0.303. The van der Waals surface area contributed by atoms with Gasteiger partial charge in [0.25, 0.3) is 0 Å². The molecule has 8 nitrogen and oxygen atoms in total. The SMILES string of the molecule is O=c1nc2[nH]c(-c3cccc(F)c3)cc2cn1[C@@H]1O[C@H](CO)[C@@H](O)[C@@H]1O. The van der Waals surface area contributed by atoms with Crippen LogP contribution in [0.2, 0.25) is 0 Å². The van der Waals surface area contributed by atoms with Gasteiger partial charge in [0.2, 0.25) is 0 Å². The summed E-state index contributed by atoms with van der Waals surface area (Å²) in [6.07, 6.45) is -3.43. The highest BCUT2D eigenvalue weighted by Gasteiger charge is 2.43. The third-order valence-corrected chi connectivity index (χ3v) is 4.46. The molecule has 0 spiro atoms. The zero-order chi connectivity index (χ0) is 18.4. The highest BCUT2D eigenvalue weighted by molar-refractivity contribution is 5.82. The summed E-state index contributed by atoms with van der Waals surface area (Å²) in [5, 5.41) is 29.7. The first kappa shape index (κ1) is 16.9. The van der Waals surface area contributed by atoms with Gasteiger partial charge in [-0.15, -0.1) is 0 Å². The summed E-state index contributed by atoms with van der Waals surface area (Å²) >= 11 is 0. The first-order chi connectivity index (χ1) is 12.5. The summed E-state index contributed by atoms with van der Waals surface area (Å²) in [6, 6.07) is 7.65. The van der Waals surface area contributed by atoms with Crippen LogP contribution in [0.3, 0.4) is 0 Å². The number of nitrogens with zero attached hydrogens (tertiary/aromatic N) is 2. The van der Waals surface area contributed by atoms with E-state index in [9.17, 15) is 24.5 Å². The summed E-state index contributed by atoms with van der Waals surface area (Å²) in [5.41, 5.74) is 0.775. The predicted molar refractivity (Wildman–Crippen MR) is 88.8 cm³/mol. The Balaban J connectivity index is 1.76. The van der Waals surface area contributed by atoms with E-state index in [4.69, 9.17) is 4.74 Å². The van der Waals surface area contributed by atoms with Crippen molar-refractivity contribution >= 4 is 11.0 Å². The van der Waals surface area contributed by atoms with Crippen LogP contribution in [0.5, 0.6) is 0 Å². The van der Waals surface area contributed by atoms with Crippen molar-refractivity contribution in [3.8, 4) is 11.3 Å². The summed E-state index contributed by atoms with van der Waals surface area (Å²) in [6.45, 7) is -0.493. The molecule has 3 heterocycles. The smallest absolute Gasteiger partial charge is 0.351 e. The van der Waals surface area contributed by atoms with Crippen molar-refractivity contribution in [3.63, 3.8) is 0 Å². The van der Waals surface area contributed by atoms with Crippen molar-refractivity contribution in [2.45, 2.75) is 24.5 Å². The molecule has 4 N–H and O–H groups in total. The van der Waals surface area contributed by atoms with Gasteiger partial charge in [-0.2, -0.15) is 4.98 Å². The maximum Gasteiger partial charge on any atom is 0.351 e. The second-order valence-electron chi connectivity index (χ2n) is 6.16. The number of fused-ring (bicyclic) bond motifs is 1. The predicted octanol–water partition coefficient (Wildman–Crippen LogP) is 0.142. The second kappa shape index (κ2) is 6.29. The number of halogens is 1. The standard InChI is InChI=1S/C17H16FN3O5/c18-10-3-1-2-8(4-10)11-5-9-6-21(17(25)20-15(9)19-11)16-14(24)13(23)12(7-22)26-16/h1-6,12-14,16,22-24H,7H2,(H,19,20,25)/t12-,13-,14+,16-/m1/s1. The van der Waals surface area contributed by atoms with Crippen LogP contribution in [-0.4, -0.2) is 54.8 Å². The topological polar surface area (TPSA) is 121 Å². The maximum atomic E-state index is 13.4. The van der Waals surface area contributed by atoms with Crippen molar-refractivity contribution < 1.29 is 24.4 Å². The molecule has 0 saturated carbocycles. The molecule has 0 unspecified atom stereocenters. The number of nitrogens with one attached hydrogen (secondary N) is 1. The molecule has 1 aromatic carbocycles. The average Bonchev–Trinajstić information content (AvgIpc) is 3.16. The fourth-order valence-electron chi connectivity index (χ4n) is 3.11. The summed E-state index contributed by atoms with van der Waals surface area (Å²) in [7, 11) is 0. The number of H-pyrrole nitrogens is 1. The van der Waals surface area contributed by atoms with Crippen LogP contribution in [0, 0.1) is 5.82 Å². The van der Waals surface area contributed by atoms with Gasteiger partial charge in [-0.3, -0.25) is 4.57 Å². The van der Waals surface area contributed by atoms with Crippen LogP contribution < -0.4 is 5.69 Å². The Morgan fingerprint density at radius 3 is 2.77 bits per heavy atom. The number of aliphatic hydroxyl groups is 3. The minimum Gasteiger partial charge on any atom is -0.394 e. The summed E-state index contributed by atoms with van der Waals surface area (Å²) in [5.74, 6) is -0.389. The molecule has 136 valence electrons. The number of benzene rings is 1. The molecule has 26 heavy (non-hydrogen) atoms. The van der Waals surface area contributed by atoms with Gasteiger partial charge in [-0.05, 0) is 18.2 Å². The summed E-state index contributed by atoms with van der Waals surface area (Å²) in [4.78, 5) is 19.2. The van der Waals surface area contributed by atoms with Crippen LogP contribution >= 0.6 is 0 Å². The van der Waals surface area contributed by atoms with Gasteiger partial charge >= 0.3 is 5.69 Å². The maximum absolute atomic E-state index is 13.4. The van der Waals surface area contributed by atoms with Gasteiger partial charge in [0.05, 0.1) is 6.61 Å². The van der Waals surface area contributed by atoms with E-state index in [1.165, 1.54) is 18.3 Å². The third-order valence-electron chi connectivity index (χ3n) is 4.46. The van der Waals surface area contributed by atoms with Gasteiger partial charge in [-0.25, -0.2) is 9.18 Å².